The molecule has 2 rings (SSSR count). The van der Waals surface area contributed by atoms with Gasteiger partial charge in [-0.25, -0.2) is 0 Å². The fourth-order valence-electron chi connectivity index (χ4n) is 3.03. The molecule has 0 amide bonds. The van der Waals surface area contributed by atoms with Crippen molar-refractivity contribution in [1.82, 2.24) is 0 Å². The van der Waals surface area contributed by atoms with Gasteiger partial charge in [0.2, 0.25) is 0 Å². The summed E-state index contributed by atoms with van der Waals surface area (Å²) in [7, 11) is 6.09. The Bertz CT molecular complexity index is 207. The third-order valence-electron chi connectivity index (χ3n) is 4.27. The van der Waals surface area contributed by atoms with Crippen molar-refractivity contribution in [2.24, 2.45) is 23.2 Å². The molecule has 0 aliphatic heterocycles. The monoisotopic (exact) mass is 276 g/mol. The van der Waals surface area contributed by atoms with Crippen LogP contribution in [0.1, 0.15) is 13.8 Å². The predicted octanol–water partition coefficient (Wildman–Crippen LogP) is 1.64. The summed E-state index contributed by atoms with van der Waals surface area (Å²) in [4.78, 5) is 0. The Morgan fingerprint density at radius 1 is 1.50 bits per heavy atom. The number of halogens is 1. The number of rotatable bonds is 1. The van der Waals surface area contributed by atoms with Gasteiger partial charge in [0.1, 0.15) is 0 Å². The highest BCUT2D eigenvalue weighted by atomic mass is 127. The van der Waals surface area contributed by atoms with E-state index in [1.54, 1.807) is 0 Å². The maximum atomic E-state index is 9.38. The van der Waals surface area contributed by atoms with E-state index in [4.69, 9.17) is 7.85 Å². The molecule has 12 heavy (non-hydrogen) atoms. The first kappa shape index (κ1) is 9.32. The summed E-state index contributed by atoms with van der Waals surface area (Å²) in [6, 6.07) is 0. The first-order valence-electron chi connectivity index (χ1n) is 4.58. The minimum absolute atomic E-state index is 0.180. The van der Waals surface area contributed by atoms with E-state index < -0.39 is 0 Å². The van der Waals surface area contributed by atoms with Crippen LogP contribution in [0.15, 0.2) is 0 Å². The van der Waals surface area contributed by atoms with Gasteiger partial charge in [0, 0.05) is 9.34 Å². The molecule has 66 valence electrons. The molecule has 2 saturated carbocycles. The molecule has 0 spiro atoms. The number of hydrogen-bond acceptors (Lipinski definition) is 1. The molecule has 2 aliphatic rings. The predicted molar refractivity (Wildman–Crippen MR) is 58.6 cm³/mol. The normalized spacial score (nSPS) is 63.2. The summed E-state index contributed by atoms with van der Waals surface area (Å²) < 4.78 is 0.612. The Labute approximate surface area is 88.9 Å². The molecule has 2 fully saturated rings. The highest BCUT2D eigenvalue weighted by Gasteiger charge is 2.72. The smallest absolute Gasteiger partial charge is 0.0707 e. The second-order valence-electron chi connectivity index (χ2n) is 4.42. The molecule has 0 aromatic heterocycles. The van der Waals surface area contributed by atoms with Crippen LogP contribution in [0, 0.1) is 23.2 Å². The number of aliphatic hydroxyl groups excluding tert-OH is 1. The molecule has 1 nitrogen and oxygen atoms in total. The van der Waals surface area contributed by atoms with Crippen molar-refractivity contribution < 1.29 is 5.11 Å². The molecule has 0 aromatic rings. The topological polar surface area (TPSA) is 20.2 Å². The fraction of sp³-hybridized carbons (Fsp3) is 1.00. The fourth-order valence-corrected chi connectivity index (χ4v) is 5.16. The first-order chi connectivity index (χ1) is 5.57. The van der Waals surface area contributed by atoms with Crippen molar-refractivity contribution in [3.8, 4) is 0 Å². The van der Waals surface area contributed by atoms with Gasteiger partial charge in [-0.3, -0.25) is 0 Å². The van der Waals surface area contributed by atoms with Crippen molar-refractivity contribution in [3.63, 3.8) is 0 Å². The minimum Gasteiger partial charge on any atom is -0.396 e. The average molecular weight is 276 g/mol. The second-order valence-corrected chi connectivity index (χ2v) is 5.77. The van der Waals surface area contributed by atoms with Crippen LogP contribution in [0.5, 0.6) is 0 Å². The molecule has 0 aromatic carbocycles. The molecule has 1 N–H and O–H groups in total. The van der Waals surface area contributed by atoms with E-state index in [0.29, 0.717) is 34.1 Å². The van der Waals surface area contributed by atoms with Crippen molar-refractivity contribution in [2.45, 2.75) is 23.6 Å². The van der Waals surface area contributed by atoms with E-state index in [-0.39, 0.29) is 5.41 Å². The number of alkyl halides is 1. The van der Waals surface area contributed by atoms with Gasteiger partial charge in [-0.15, -0.1) is 0 Å². The van der Waals surface area contributed by atoms with Crippen LogP contribution in [-0.4, -0.2) is 23.5 Å². The van der Waals surface area contributed by atoms with Gasteiger partial charge in [-0.1, -0.05) is 42.3 Å². The van der Waals surface area contributed by atoms with E-state index in [9.17, 15) is 5.11 Å². The Hall–Kier alpha value is 0.755. The van der Waals surface area contributed by atoms with Gasteiger partial charge in [0.15, 0.2) is 0 Å². The lowest BCUT2D eigenvalue weighted by molar-refractivity contribution is 0.158. The zero-order chi connectivity index (χ0) is 9.09. The largest absolute Gasteiger partial charge is 0.396 e. The summed E-state index contributed by atoms with van der Waals surface area (Å²) in [5.41, 5.74) is 0.180. The highest BCUT2D eigenvalue weighted by molar-refractivity contribution is 14.1. The number of aliphatic hydroxyl groups is 1. The van der Waals surface area contributed by atoms with Crippen LogP contribution >= 0.6 is 22.6 Å². The van der Waals surface area contributed by atoms with Gasteiger partial charge in [-0.2, -0.15) is 0 Å². The molecule has 1 unspecified atom stereocenters. The molecule has 6 atom stereocenters. The number of hydrogen-bond donors (Lipinski definition) is 1. The van der Waals surface area contributed by atoms with Crippen LogP contribution < -0.4 is 0 Å². The van der Waals surface area contributed by atoms with E-state index in [1.807, 2.05) is 0 Å². The lowest BCUT2D eigenvalue weighted by Gasteiger charge is -2.24. The van der Waals surface area contributed by atoms with Crippen LogP contribution in [0.4, 0.5) is 0 Å². The van der Waals surface area contributed by atoms with Crippen LogP contribution in [0.2, 0.25) is 5.82 Å². The molecular formula is C9H14BIO. The van der Waals surface area contributed by atoms with Gasteiger partial charge < -0.3 is 5.11 Å². The Kier molecular flexibility index (Phi) is 2.04. The van der Waals surface area contributed by atoms with Crippen molar-refractivity contribution in [3.05, 3.63) is 0 Å². The van der Waals surface area contributed by atoms with Crippen LogP contribution in [-0.2, 0) is 0 Å². The first-order valence-corrected chi connectivity index (χ1v) is 5.82. The maximum absolute atomic E-state index is 9.38. The van der Waals surface area contributed by atoms with Crippen LogP contribution in [0.3, 0.4) is 0 Å². The zero-order valence-corrected chi connectivity index (χ0v) is 9.65. The highest BCUT2D eigenvalue weighted by Crippen LogP contribution is 2.74. The summed E-state index contributed by atoms with van der Waals surface area (Å²) in [6.07, 6.45) is 0. The van der Waals surface area contributed by atoms with Gasteiger partial charge in [0.25, 0.3) is 0 Å². The van der Waals surface area contributed by atoms with Crippen molar-refractivity contribution in [1.29, 1.82) is 0 Å². The zero-order valence-electron chi connectivity index (χ0n) is 7.50. The molecule has 3 heteroatoms. The molecule has 2 radical (unpaired) electrons. The Balaban J connectivity index is 2.27. The lowest BCUT2D eigenvalue weighted by Crippen LogP contribution is -2.23. The maximum Gasteiger partial charge on any atom is 0.0707 e. The summed E-state index contributed by atoms with van der Waals surface area (Å²) in [5.74, 6) is 2.06. The van der Waals surface area contributed by atoms with Crippen molar-refractivity contribution >= 4 is 30.4 Å². The van der Waals surface area contributed by atoms with E-state index >= 15 is 0 Å². The summed E-state index contributed by atoms with van der Waals surface area (Å²) in [6.45, 7) is 4.77. The summed E-state index contributed by atoms with van der Waals surface area (Å²) in [5, 5.41) is 9.38. The standard InChI is InChI=1S/C9H14BIO/c1-4-5(2)9(3-12)6(7(4)10)8(9)11/h4-8,12H,3H2,1-2H3/t4-,5+,6+,7+,8?,9-/m1/s1. The van der Waals surface area contributed by atoms with E-state index in [2.05, 4.69) is 36.4 Å². The Morgan fingerprint density at radius 2 is 2.08 bits per heavy atom. The summed E-state index contributed by atoms with van der Waals surface area (Å²) >= 11 is 2.45. The minimum atomic E-state index is 0.180. The van der Waals surface area contributed by atoms with E-state index in [1.165, 1.54) is 0 Å². The quantitative estimate of drug-likeness (QED) is 0.438. The average Bonchev–Trinajstić information content (AvgIpc) is 2.61. The molecule has 2 aliphatic carbocycles. The molecule has 0 bridgehead atoms. The van der Waals surface area contributed by atoms with Gasteiger partial charge in [0.05, 0.1) is 14.5 Å². The van der Waals surface area contributed by atoms with E-state index in [0.717, 1.165) is 0 Å². The third kappa shape index (κ3) is 0.801. The third-order valence-corrected chi connectivity index (χ3v) is 6.21. The SMILES string of the molecule is [B][C@H]1[C@H](C)[C@H](C)[C@@]2(CO)C(I)[C@H]12. The van der Waals surface area contributed by atoms with Gasteiger partial charge >= 0.3 is 0 Å². The molecule has 0 heterocycles. The van der Waals surface area contributed by atoms with Crippen LogP contribution in [0.25, 0.3) is 0 Å². The number of fused-ring (bicyclic) bond motifs is 1. The van der Waals surface area contributed by atoms with Gasteiger partial charge in [-0.05, 0) is 17.8 Å². The lowest BCUT2D eigenvalue weighted by atomic mass is 9.73. The molecular weight excluding hydrogens is 262 g/mol. The van der Waals surface area contributed by atoms with Crippen molar-refractivity contribution in [2.75, 3.05) is 6.61 Å². The Morgan fingerprint density at radius 3 is 2.42 bits per heavy atom. The molecule has 0 saturated heterocycles. The second kappa shape index (κ2) is 2.63.